The summed E-state index contributed by atoms with van der Waals surface area (Å²) in [6.45, 7) is 8.94. The lowest BCUT2D eigenvalue weighted by atomic mass is 9.97. The van der Waals surface area contributed by atoms with Gasteiger partial charge in [0.05, 0.1) is 0 Å². The first-order valence-corrected chi connectivity index (χ1v) is 8.66. The number of aryl methyl sites for hydroxylation is 1. The van der Waals surface area contributed by atoms with E-state index in [2.05, 4.69) is 29.2 Å². The number of likely N-dealkylation sites (tertiary alicyclic amines) is 1. The lowest BCUT2D eigenvalue weighted by molar-refractivity contribution is 0.0363. The third kappa shape index (κ3) is 5.24. The number of nitrogens with zero attached hydrogens (tertiary/aromatic N) is 2. The zero-order valence-corrected chi connectivity index (χ0v) is 14.7. The van der Waals surface area contributed by atoms with E-state index in [9.17, 15) is 9.90 Å². The van der Waals surface area contributed by atoms with Gasteiger partial charge in [-0.05, 0) is 65.1 Å². The fraction of sp³-hybridized carbons (Fsp3) is 0.632. The van der Waals surface area contributed by atoms with Gasteiger partial charge < -0.3 is 10.0 Å². The molecule has 0 aromatic heterocycles. The maximum atomic E-state index is 11.7. The van der Waals surface area contributed by atoms with Crippen molar-refractivity contribution in [2.75, 3.05) is 19.6 Å². The van der Waals surface area contributed by atoms with Crippen LogP contribution in [-0.2, 0) is 6.42 Å². The van der Waals surface area contributed by atoms with Crippen LogP contribution < -0.4 is 0 Å². The molecule has 23 heavy (non-hydrogen) atoms. The molecule has 1 aliphatic rings. The summed E-state index contributed by atoms with van der Waals surface area (Å²) < 4.78 is 0. The van der Waals surface area contributed by atoms with E-state index in [0.29, 0.717) is 0 Å². The first kappa shape index (κ1) is 17.8. The topological polar surface area (TPSA) is 43.8 Å². The third-order valence-corrected chi connectivity index (χ3v) is 4.56. The molecule has 0 bridgehead atoms. The molecule has 2 rings (SSSR count). The highest BCUT2D eigenvalue weighted by Gasteiger charge is 2.35. The van der Waals surface area contributed by atoms with E-state index in [1.807, 2.05) is 26.8 Å². The average Bonchev–Trinajstić information content (AvgIpc) is 2.47. The molecule has 1 amide bonds. The second kappa shape index (κ2) is 7.82. The van der Waals surface area contributed by atoms with Gasteiger partial charge in [0.15, 0.2) is 0 Å². The molecule has 1 aliphatic heterocycles. The molecule has 1 aromatic rings. The van der Waals surface area contributed by atoms with Gasteiger partial charge in [0, 0.05) is 18.1 Å². The Bertz CT molecular complexity index is 496. The predicted octanol–water partition coefficient (Wildman–Crippen LogP) is 3.86. The second-order valence-electron chi connectivity index (χ2n) is 7.51. The van der Waals surface area contributed by atoms with Crippen LogP contribution in [-0.4, -0.2) is 52.2 Å². The molecule has 0 spiro atoms. The van der Waals surface area contributed by atoms with Crippen LogP contribution in [0.15, 0.2) is 30.3 Å². The van der Waals surface area contributed by atoms with E-state index in [0.717, 1.165) is 45.3 Å². The number of rotatable bonds is 5. The highest BCUT2D eigenvalue weighted by Crippen LogP contribution is 2.24. The van der Waals surface area contributed by atoms with Crippen molar-refractivity contribution in [1.82, 2.24) is 9.80 Å². The van der Waals surface area contributed by atoms with Crippen LogP contribution in [0.2, 0.25) is 0 Å². The van der Waals surface area contributed by atoms with Crippen molar-refractivity contribution in [3.05, 3.63) is 35.9 Å². The van der Waals surface area contributed by atoms with Crippen LogP contribution in [0.4, 0.5) is 4.79 Å². The molecule has 0 aliphatic carbocycles. The number of hydrogen-bond acceptors (Lipinski definition) is 2. The molecule has 0 unspecified atom stereocenters. The fourth-order valence-corrected chi connectivity index (χ4v) is 3.59. The molecule has 4 heteroatoms. The van der Waals surface area contributed by atoms with E-state index in [1.165, 1.54) is 5.56 Å². The summed E-state index contributed by atoms with van der Waals surface area (Å²) in [6, 6.07) is 10.7. The highest BCUT2D eigenvalue weighted by molar-refractivity contribution is 5.66. The standard InChI is InChI=1S/C19H30N2O2/c1-19(2,3)21(18(22)23)17-12-8-14-20(15-17)13-7-11-16-9-5-4-6-10-16/h4-6,9-10,17H,7-8,11-15H2,1-3H3,(H,22,23)/t17-/m1/s1. The number of benzene rings is 1. The molecule has 1 saturated heterocycles. The summed E-state index contributed by atoms with van der Waals surface area (Å²) in [5.74, 6) is 0. The Labute approximate surface area is 140 Å². The van der Waals surface area contributed by atoms with Gasteiger partial charge >= 0.3 is 6.09 Å². The highest BCUT2D eigenvalue weighted by atomic mass is 16.4. The van der Waals surface area contributed by atoms with E-state index in [4.69, 9.17) is 0 Å². The van der Waals surface area contributed by atoms with Crippen molar-refractivity contribution in [3.63, 3.8) is 0 Å². The normalized spacial score (nSPS) is 19.5. The molecule has 1 N–H and O–H groups in total. The Balaban J connectivity index is 1.86. The fourth-order valence-electron chi connectivity index (χ4n) is 3.59. The minimum atomic E-state index is -0.798. The van der Waals surface area contributed by atoms with E-state index in [1.54, 1.807) is 4.90 Å². The number of hydrogen-bond donors (Lipinski definition) is 1. The number of carboxylic acid groups (broad SMARTS) is 1. The summed E-state index contributed by atoms with van der Waals surface area (Å²) in [6.07, 6.45) is 3.46. The van der Waals surface area contributed by atoms with Crippen molar-refractivity contribution >= 4 is 6.09 Å². The van der Waals surface area contributed by atoms with Gasteiger partial charge in [0.25, 0.3) is 0 Å². The zero-order chi connectivity index (χ0) is 16.9. The van der Waals surface area contributed by atoms with Crippen molar-refractivity contribution in [2.24, 2.45) is 0 Å². The van der Waals surface area contributed by atoms with E-state index < -0.39 is 6.09 Å². The van der Waals surface area contributed by atoms with Crippen molar-refractivity contribution in [1.29, 1.82) is 0 Å². The second-order valence-corrected chi connectivity index (χ2v) is 7.51. The quantitative estimate of drug-likeness (QED) is 0.896. The van der Waals surface area contributed by atoms with Gasteiger partial charge in [-0.3, -0.25) is 4.90 Å². The smallest absolute Gasteiger partial charge is 0.408 e. The van der Waals surface area contributed by atoms with Crippen LogP contribution in [0.3, 0.4) is 0 Å². The Morgan fingerprint density at radius 1 is 1.30 bits per heavy atom. The summed E-state index contributed by atoms with van der Waals surface area (Å²) in [4.78, 5) is 15.7. The Morgan fingerprint density at radius 3 is 2.61 bits per heavy atom. The minimum Gasteiger partial charge on any atom is -0.465 e. The van der Waals surface area contributed by atoms with Crippen molar-refractivity contribution in [3.8, 4) is 0 Å². The molecule has 1 atom stereocenters. The summed E-state index contributed by atoms with van der Waals surface area (Å²) in [5, 5.41) is 9.58. The lowest BCUT2D eigenvalue weighted by Gasteiger charge is -2.44. The lowest BCUT2D eigenvalue weighted by Crippen LogP contribution is -2.56. The van der Waals surface area contributed by atoms with Gasteiger partial charge in [-0.15, -0.1) is 0 Å². The van der Waals surface area contributed by atoms with Crippen LogP contribution in [0.25, 0.3) is 0 Å². The average molecular weight is 318 g/mol. The summed E-state index contributed by atoms with van der Waals surface area (Å²) >= 11 is 0. The zero-order valence-electron chi connectivity index (χ0n) is 14.7. The van der Waals surface area contributed by atoms with Gasteiger partial charge in [-0.2, -0.15) is 0 Å². The first-order valence-electron chi connectivity index (χ1n) is 8.66. The molecule has 4 nitrogen and oxygen atoms in total. The minimum absolute atomic E-state index is 0.109. The van der Waals surface area contributed by atoms with E-state index in [-0.39, 0.29) is 11.6 Å². The van der Waals surface area contributed by atoms with Gasteiger partial charge in [0.1, 0.15) is 0 Å². The van der Waals surface area contributed by atoms with Crippen LogP contribution in [0.5, 0.6) is 0 Å². The molecule has 0 radical (unpaired) electrons. The Morgan fingerprint density at radius 2 is 2.00 bits per heavy atom. The number of piperidine rings is 1. The van der Waals surface area contributed by atoms with Crippen molar-refractivity contribution in [2.45, 2.75) is 58.0 Å². The predicted molar refractivity (Wildman–Crippen MR) is 93.8 cm³/mol. The maximum absolute atomic E-state index is 11.7. The molecule has 1 fully saturated rings. The van der Waals surface area contributed by atoms with E-state index >= 15 is 0 Å². The summed E-state index contributed by atoms with van der Waals surface area (Å²) in [7, 11) is 0. The maximum Gasteiger partial charge on any atom is 0.408 e. The van der Waals surface area contributed by atoms with Gasteiger partial charge in [-0.25, -0.2) is 4.79 Å². The monoisotopic (exact) mass is 318 g/mol. The molecule has 1 aromatic carbocycles. The van der Waals surface area contributed by atoms with Crippen molar-refractivity contribution < 1.29 is 9.90 Å². The van der Waals surface area contributed by atoms with Crippen LogP contribution in [0.1, 0.15) is 45.6 Å². The largest absolute Gasteiger partial charge is 0.465 e. The number of amides is 1. The van der Waals surface area contributed by atoms with Gasteiger partial charge in [0.2, 0.25) is 0 Å². The van der Waals surface area contributed by atoms with Crippen LogP contribution in [0, 0.1) is 0 Å². The van der Waals surface area contributed by atoms with Gasteiger partial charge in [-0.1, -0.05) is 30.3 Å². The SMILES string of the molecule is CC(C)(C)N(C(=O)O)[C@@H]1CCCN(CCCc2ccccc2)C1. The summed E-state index contributed by atoms with van der Waals surface area (Å²) in [5.41, 5.74) is 1.03. The number of carbonyl (C=O) groups is 1. The molecule has 128 valence electrons. The Kier molecular flexibility index (Phi) is 6.05. The molecule has 0 saturated carbocycles. The van der Waals surface area contributed by atoms with Crippen LogP contribution >= 0.6 is 0 Å². The molecule has 1 heterocycles. The molecular formula is C19H30N2O2. The molecular weight excluding hydrogens is 288 g/mol. The first-order chi connectivity index (χ1) is 10.9. The Hall–Kier alpha value is -1.55. The third-order valence-electron chi connectivity index (χ3n) is 4.56.